The molecule has 0 fully saturated rings. The largest absolute Gasteiger partial charge is 0.465 e. The van der Waals surface area contributed by atoms with Gasteiger partial charge in [0.05, 0.1) is 17.9 Å². The highest BCUT2D eigenvalue weighted by Crippen LogP contribution is 2.57. The predicted molar refractivity (Wildman–Crippen MR) is 176 cm³/mol. The lowest BCUT2D eigenvalue weighted by Crippen LogP contribution is -2.28. The van der Waals surface area contributed by atoms with Crippen LogP contribution in [0.3, 0.4) is 0 Å². The van der Waals surface area contributed by atoms with Gasteiger partial charge in [0.1, 0.15) is 11.5 Å². The van der Waals surface area contributed by atoms with E-state index in [2.05, 4.69) is 147 Å². The summed E-state index contributed by atoms with van der Waals surface area (Å²) < 4.78 is 11.9. The van der Waals surface area contributed by atoms with E-state index in [1.54, 1.807) is 0 Å². The van der Waals surface area contributed by atoms with Gasteiger partial charge < -0.3 is 9.47 Å². The fourth-order valence-corrected chi connectivity index (χ4v) is 6.62. The third kappa shape index (κ3) is 4.27. The average Bonchev–Trinajstić information content (AvgIpc) is 3.37. The van der Waals surface area contributed by atoms with E-state index < -0.39 is 5.41 Å². The lowest BCUT2D eigenvalue weighted by Gasteiger charge is -2.35. The molecule has 2 heteroatoms. The number of rotatable bonds is 8. The van der Waals surface area contributed by atoms with Crippen molar-refractivity contribution in [3.63, 3.8) is 0 Å². The van der Waals surface area contributed by atoms with Crippen LogP contribution in [0.2, 0.25) is 0 Å². The zero-order chi connectivity index (χ0) is 29.2. The summed E-state index contributed by atoms with van der Waals surface area (Å²) in [7, 11) is 0. The van der Waals surface area contributed by atoms with Gasteiger partial charge in [-0.3, -0.25) is 0 Å². The van der Waals surface area contributed by atoms with E-state index in [0.29, 0.717) is 0 Å². The molecule has 0 aliphatic heterocycles. The Morgan fingerprint density at radius 1 is 0.419 bits per heavy atom. The summed E-state index contributed by atoms with van der Waals surface area (Å²) in [5, 5.41) is 0. The first-order chi connectivity index (χ1) is 21.3. The summed E-state index contributed by atoms with van der Waals surface area (Å²) in [4.78, 5) is 0. The van der Waals surface area contributed by atoms with Gasteiger partial charge in [0.25, 0.3) is 0 Å². The number of fused-ring (bicyclic) bond motifs is 3. The molecule has 1 aliphatic rings. The highest BCUT2D eigenvalue weighted by Gasteiger charge is 2.46. The molecule has 206 valence electrons. The van der Waals surface area contributed by atoms with Crippen molar-refractivity contribution < 1.29 is 9.47 Å². The third-order valence-electron chi connectivity index (χ3n) is 8.37. The van der Waals surface area contributed by atoms with Crippen LogP contribution in [0.5, 0.6) is 11.5 Å². The molecule has 0 unspecified atom stereocenters. The van der Waals surface area contributed by atoms with Crippen molar-refractivity contribution in [2.75, 3.05) is 0 Å². The Kier molecular flexibility index (Phi) is 6.73. The molecular weight excluding hydrogens is 524 g/mol. The van der Waals surface area contributed by atoms with Crippen LogP contribution >= 0.6 is 0 Å². The number of hydrogen-bond acceptors (Lipinski definition) is 2. The molecule has 0 saturated heterocycles. The number of hydrogen-bond donors (Lipinski definition) is 0. The van der Waals surface area contributed by atoms with Crippen LogP contribution in [0.15, 0.2) is 171 Å². The summed E-state index contributed by atoms with van der Waals surface area (Å²) in [5.41, 5.74) is 10.8. The van der Waals surface area contributed by atoms with Crippen molar-refractivity contribution in [2.24, 2.45) is 0 Å². The topological polar surface area (TPSA) is 18.5 Å². The molecule has 6 aromatic carbocycles. The molecule has 0 radical (unpaired) electrons. The molecule has 0 N–H and O–H groups in total. The third-order valence-corrected chi connectivity index (χ3v) is 8.37. The Labute approximate surface area is 252 Å². The van der Waals surface area contributed by atoms with Crippen LogP contribution in [-0.2, 0) is 5.41 Å². The van der Waals surface area contributed by atoms with Crippen molar-refractivity contribution >= 4 is 0 Å². The van der Waals surface area contributed by atoms with E-state index in [1.807, 2.05) is 12.1 Å². The lowest BCUT2D eigenvalue weighted by atomic mass is 9.67. The van der Waals surface area contributed by atoms with Gasteiger partial charge in [-0.05, 0) is 68.8 Å². The first kappa shape index (κ1) is 26.3. The zero-order valence-electron chi connectivity index (χ0n) is 23.7. The van der Waals surface area contributed by atoms with Gasteiger partial charge in [0, 0.05) is 11.1 Å². The Bertz CT molecular complexity index is 1810. The molecule has 0 aromatic heterocycles. The normalized spacial score (nSPS) is 12.6. The smallest absolute Gasteiger partial charge is 0.134 e. The second-order valence-electron chi connectivity index (χ2n) is 10.6. The van der Waals surface area contributed by atoms with Crippen LogP contribution in [0, 0.1) is 0 Å². The van der Waals surface area contributed by atoms with Crippen LogP contribution in [-0.4, -0.2) is 0 Å². The van der Waals surface area contributed by atoms with E-state index in [1.165, 1.54) is 34.8 Å². The van der Waals surface area contributed by atoms with E-state index in [4.69, 9.17) is 9.47 Å². The predicted octanol–water partition coefficient (Wildman–Crippen LogP) is 10.4. The fraction of sp³-hybridized carbons (Fsp3) is 0.0244. The van der Waals surface area contributed by atoms with E-state index >= 15 is 0 Å². The zero-order valence-corrected chi connectivity index (χ0v) is 23.7. The molecule has 0 atom stereocenters. The summed E-state index contributed by atoms with van der Waals surface area (Å²) in [5.74, 6) is 1.53. The second kappa shape index (κ2) is 11.0. The van der Waals surface area contributed by atoms with Gasteiger partial charge in [0.2, 0.25) is 0 Å². The van der Waals surface area contributed by atoms with Gasteiger partial charge in [-0.25, -0.2) is 0 Å². The molecule has 43 heavy (non-hydrogen) atoms. The van der Waals surface area contributed by atoms with Crippen LogP contribution in [0.25, 0.3) is 33.4 Å². The van der Waals surface area contributed by atoms with Crippen molar-refractivity contribution in [3.8, 4) is 44.9 Å². The van der Waals surface area contributed by atoms with E-state index in [0.717, 1.165) is 44.9 Å². The van der Waals surface area contributed by atoms with Gasteiger partial charge in [-0.15, -0.1) is 0 Å². The summed E-state index contributed by atoms with van der Waals surface area (Å²) in [6.07, 6.45) is 2.98. The maximum atomic E-state index is 5.94. The minimum Gasteiger partial charge on any atom is -0.465 e. The Hall–Kier alpha value is -5.60. The van der Waals surface area contributed by atoms with E-state index in [-0.39, 0.29) is 0 Å². The molecule has 0 saturated carbocycles. The molecule has 0 spiro atoms. The molecule has 2 nitrogen and oxygen atoms in total. The highest BCUT2D eigenvalue weighted by atomic mass is 16.5. The van der Waals surface area contributed by atoms with Crippen LogP contribution in [0.4, 0.5) is 0 Å². The van der Waals surface area contributed by atoms with Crippen molar-refractivity contribution in [1.82, 2.24) is 0 Å². The minimum atomic E-state index is -0.598. The SMILES string of the molecule is C=COc1ccc(C2(c3ccc(OC=C)c(-c4ccccc4)c3)c3ccccc3-c3ccccc32)cc1-c1ccccc1. The lowest BCUT2D eigenvalue weighted by molar-refractivity contribution is 0.484. The number of ether oxygens (including phenoxy) is 2. The van der Waals surface area contributed by atoms with E-state index in [9.17, 15) is 0 Å². The first-order valence-electron chi connectivity index (χ1n) is 14.4. The molecule has 6 aromatic rings. The van der Waals surface area contributed by atoms with Crippen LogP contribution in [0.1, 0.15) is 22.3 Å². The summed E-state index contributed by atoms with van der Waals surface area (Å²) >= 11 is 0. The molecule has 0 heterocycles. The Balaban J connectivity index is 1.59. The molecule has 0 amide bonds. The summed E-state index contributed by atoms with van der Waals surface area (Å²) in [6, 6.07) is 51.4. The minimum absolute atomic E-state index is 0.598. The number of benzene rings is 6. The van der Waals surface area contributed by atoms with Crippen molar-refractivity contribution in [2.45, 2.75) is 5.41 Å². The quantitative estimate of drug-likeness (QED) is 0.174. The monoisotopic (exact) mass is 554 g/mol. The van der Waals surface area contributed by atoms with Crippen LogP contribution < -0.4 is 9.47 Å². The van der Waals surface area contributed by atoms with Crippen molar-refractivity contribution in [1.29, 1.82) is 0 Å². The maximum Gasteiger partial charge on any atom is 0.134 e. The average molecular weight is 555 g/mol. The second-order valence-corrected chi connectivity index (χ2v) is 10.6. The first-order valence-corrected chi connectivity index (χ1v) is 14.4. The van der Waals surface area contributed by atoms with Gasteiger partial charge in [-0.2, -0.15) is 0 Å². The van der Waals surface area contributed by atoms with Gasteiger partial charge in [0.15, 0.2) is 0 Å². The molecule has 0 bridgehead atoms. The highest BCUT2D eigenvalue weighted by molar-refractivity contribution is 5.88. The molecular formula is C41H30O2. The molecule has 1 aliphatic carbocycles. The molecule has 7 rings (SSSR count). The van der Waals surface area contributed by atoms with Gasteiger partial charge >= 0.3 is 0 Å². The Morgan fingerprint density at radius 2 is 0.814 bits per heavy atom. The van der Waals surface area contributed by atoms with Gasteiger partial charge in [-0.1, -0.05) is 134 Å². The fourth-order valence-electron chi connectivity index (χ4n) is 6.62. The summed E-state index contributed by atoms with van der Waals surface area (Å²) in [6.45, 7) is 7.66. The maximum absolute atomic E-state index is 5.94. The van der Waals surface area contributed by atoms with Crippen molar-refractivity contribution in [3.05, 3.63) is 194 Å². The Morgan fingerprint density at radius 3 is 1.23 bits per heavy atom. The standard InChI is InChI=1S/C41H30O2/c1-3-42-39-25-23-31(27-35(39)29-15-7-5-8-16-29)41(37-21-13-11-19-33(37)34-20-12-14-22-38(34)41)32-24-26-40(43-4-2)36(28-32)30-17-9-6-10-18-30/h3-28H,1-2H2.